The summed E-state index contributed by atoms with van der Waals surface area (Å²) < 4.78 is 38.0. The Morgan fingerprint density at radius 1 is 1.16 bits per heavy atom. The summed E-state index contributed by atoms with van der Waals surface area (Å²) in [5.41, 5.74) is 0.796. The van der Waals surface area contributed by atoms with Crippen LogP contribution in [0, 0.1) is 18.8 Å². The molecule has 1 aromatic carbocycles. The van der Waals surface area contributed by atoms with Crippen molar-refractivity contribution in [3.8, 4) is 0 Å². The van der Waals surface area contributed by atoms with E-state index in [0.29, 0.717) is 10.6 Å². The molecule has 1 fully saturated rings. The molecule has 0 bridgehead atoms. The Balaban J connectivity index is 1.98. The van der Waals surface area contributed by atoms with Crippen LogP contribution < -0.4 is 0 Å². The van der Waals surface area contributed by atoms with Crippen molar-refractivity contribution in [2.24, 2.45) is 11.8 Å². The minimum absolute atomic E-state index is 0.00820. The zero-order valence-electron chi connectivity index (χ0n) is 13.6. The van der Waals surface area contributed by atoms with Gasteiger partial charge < -0.3 is 4.84 Å². The van der Waals surface area contributed by atoms with Crippen molar-refractivity contribution in [3.05, 3.63) is 35.4 Å². The van der Waals surface area contributed by atoms with Crippen molar-refractivity contribution in [2.45, 2.75) is 38.8 Å². The lowest BCUT2D eigenvalue weighted by Gasteiger charge is -2.29. The fourth-order valence-corrected chi connectivity index (χ4v) is 2.87. The second-order valence-electron chi connectivity index (χ2n) is 6.05. The summed E-state index contributed by atoms with van der Waals surface area (Å²) in [7, 11) is 0. The molecule has 2 rings (SSSR count). The fraction of sp³-hybridized carbons (Fsp3) is 0.471. The molecule has 1 saturated carbocycles. The van der Waals surface area contributed by atoms with E-state index in [-0.39, 0.29) is 37.7 Å². The number of hydroxylamine groups is 2. The summed E-state index contributed by atoms with van der Waals surface area (Å²) in [6.45, 7) is 1.66. The molecular formula is C17H18F3NO4. The molecular weight excluding hydrogens is 339 g/mol. The highest BCUT2D eigenvalue weighted by Crippen LogP contribution is 2.39. The van der Waals surface area contributed by atoms with E-state index in [0.717, 1.165) is 0 Å². The van der Waals surface area contributed by atoms with Crippen LogP contribution in [0.15, 0.2) is 24.3 Å². The number of alkyl halides is 3. The van der Waals surface area contributed by atoms with Crippen LogP contribution in [-0.2, 0) is 14.4 Å². The van der Waals surface area contributed by atoms with Gasteiger partial charge in [0.15, 0.2) is 0 Å². The lowest BCUT2D eigenvalue weighted by atomic mass is 9.82. The minimum Gasteiger partial charge on any atom is -0.330 e. The Bertz CT molecular complexity index is 652. The van der Waals surface area contributed by atoms with E-state index in [1.807, 2.05) is 0 Å². The normalized spacial score (nSPS) is 20.6. The number of carbonyl (C=O) groups excluding carboxylic acids is 3. The van der Waals surface area contributed by atoms with Crippen molar-refractivity contribution in [3.63, 3.8) is 0 Å². The maximum absolute atomic E-state index is 12.7. The van der Waals surface area contributed by atoms with Gasteiger partial charge in [-0.05, 0) is 44.2 Å². The van der Waals surface area contributed by atoms with Crippen LogP contribution in [0.1, 0.15) is 41.6 Å². The van der Waals surface area contributed by atoms with E-state index < -0.39 is 29.9 Å². The molecule has 0 radical (unpaired) electrons. The largest absolute Gasteiger partial charge is 0.391 e. The number of hydrogen-bond acceptors (Lipinski definition) is 4. The lowest BCUT2D eigenvalue weighted by molar-refractivity contribution is -0.195. The number of nitrogens with zero attached hydrogens (tertiary/aromatic N) is 1. The minimum atomic E-state index is -4.27. The molecule has 1 aliphatic rings. The second-order valence-corrected chi connectivity index (χ2v) is 6.05. The first-order valence-corrected chi connectivity index (χ1v) is 7.87. The average molecular weight is 357 g/mol. The fourth-order valence-electron chi connectivity index (χ4n) is 2.87. The zero-order valence-corrected chi connectivity index (χ0v) is 13.6. The van der Waals surface area contributed by atoms with Crippen molar-refractivity contribution in [2.75, 3.05) is 0 Å². The molecule has 5 nitrogen and oxygen atoms in total. The van der Waals surface area contributed by atoms with Crippen molar-refractivity contribution in [1.29, 1.82) is 0 Å². The van der Waals surface area contributed by atoms with E-state index in [2.05, 4.69) is 0 Å². The molecule has 0 heterocycles. The highest BCUT2D eigenvalue weighted by molar-refractivity contribution is 6.00. The standard InChI is InChI=1S/C17H18F3NO4/c1-11-4-2-3-5-14(11)15(23)21(10-22)25-16(24)12-6-8-13(9-7-12)17(18,19)20/h2-5,10,12-13H,6-9H2,1H3. The predicted molar refractivity (Wildman–Crippen MR) is 81.0 cm³/mol. The number of amides is 2. The van der Waals surface area contributed by atoms with Crippen LogP contribution in [-0.4, -0.2) is 29.5 Å². The maximum Gasteiger partial charge on any atom is 0.391 e. The Morgan fingerprint density at radius 3 is 2.28 bits per heavy atom. The van der Waals surface area contributed by atoms with Gasteiger partial charge in [0.05, 0.1) is 11.8 Å². The van der Waals surface area contributed by atoms with E-state index in [1.54, 1.807) is 25.1 Å². The predicted octanol–water partition coefficient (Wildman–Crippen LogP) is 3.42. The van der Waals surface area contributed by atoms with E-state index >= 15 is 0 Å². The quantitative estimate of drug-likeness (QED) is 0.614. The van der Waals surface area contributed by atoms with E-state index in [1.165, 1.54) is 6.07 Å². The average Bonchev–Trinajstić information content (AvgIpc) is 2.58. The Morgan fingerprint density at radius 2 is 1.76 bits per heavy atom. The second kappa shape index (κ2) is 7.67. The highest BCUT2D eigenvalue weighted by atomic mass is 19.4. The van der Waals surface area contributed by atoms with Crippen molar-refractivity contribution >= 4 is 18.3 Å². The van der Waals surface area contributed by atoms with Gasteiger partial charge in [0, 0.05) is 5.56 Å². The number of rotatable bonds is 3. The molecule has 0 aromatic heterocycles. The summed E-state index contributed by atoms with van der Waals surface area (Å²) in [6.07, 6.45) is -4.52. The summed E-state index contributed by atoms with van der Waals surface area (Å²) >= 11 is 0. The van der Waals surface area contributed by atoms with Crippen LogP contribution in [0.3, 0.4) is 0 Å². The SMILES string of the molecule is Cc1ccccc1C(=O)N(C=O)OC(=O)C1CCC(C(F)(F)F)CC1. The van der Waals surface area contributed by atoms with Crippen molar-refractivity contribution in [1.82, 2.24) is 5.06 Å². The molecule has 0 saturated heterocycles. The molecule has 1 aromatic rings. The highest BCUT2D eigenvalue weighted by Gasteiger charge is 2.43. The van der Waals surface area contributed by atoms with Crippen molar-refractivity contribution < 1.29 is 32.4 Å². The van der Waals surface area contributed by atoms with Crippen LogP contribution in [0.2, 0.25) is 0 Å². The third kappa shape index (κ3) is 4.58. The molecule has 1 aliphatic carbocycles. The summed E-state index contributed by atoms with van der Waals surface area (Å²) in [4.78, 5) is 40.3. The summed E-state index contributed by atoms with van der Waals surface area (Å²) in [6, 6.07) is 6.46. The van der Waals surface area contributed by atoms with Crippen LogP contribution in [0.25, 0.3) is 0 Å². The molecule has 136 valence electrons. The Labute approximate surface area is 142 Å². The van der Waals surface area contributed by atoms with Gasteiger partial charge in [-0.25, -0.2) is 4.79 Å². The van der Waals surface area contributed by atoms with Gasteiger partial charge in [0.25, 0.3) is 12.3 Å². The third-order valence-corrected chi connectivity index (χ3v) is 4.38. The number of hydrogen-bond donors (Lipinski definition) is 0. The number of imide groups is 1. The number of halogens is 3. The van der Waals surface area contributed by atoms with Gasteiger partial charge in [0.2, 0.25) is 0 Å². The van der Waals surface area contributed by atoms with Gasteiger partial charge in [-0.3, -0.25) is 9.59 Å². The summed E-state index contributed by atoms with van der Waals surface area (Å²) in [5.74, 6) is -3.85. The topological polar surface area (TPSA) is 63.7 Å². The van der Waals surface area contributed by atoms with Gasteiger partial charge in [-0.1, -0.05) is 18.2 Å². The van der Waals surface area contributed by atoms with E-state index in [4.69, 9.17) is 4.84 Å². The molecule has 0 aliphatic heterocycles. The molecule has 0 spiro atoms. The zero-order chi connectivity index (χ0) is 18.6. The first-order valence-electron chi connectivity index (χ1n) is 7.87. The van der Waals surface area contributed by atoms with E-state index in [9.17, 15) is 27.6 Å². The number of carbonyl (C=O) groups is 3. The molecule has 25 heavy (non-hydrogen) atoms. The maximum atomic E-state index is 12.7. The van der Waals surface area contributed by atoms with Crippen LogP contribution in [0.5, 0.6) is 0 Å². The van der Waals surface area contributed by atoms with Crippen LogP contribution >= 0.6 is 0 Å². The Hall–Kier alpha value is -2.38. The van der Waals surface area contributed by atoms with Gasteiger partial charge in [-0.15, -0.1) is 5.06 Å². The monoisotopic (exact) mass is 357 g/mol. The van der Waals surface area contributed by atoms with Crippen LogP contribution in [0.4, 0.5) is 13.2 Å². The molecule has 0 N–H and O–H groups in total. The number of aryl methyl sites for hydroxylation is 1. The first-order chi connectivity index (χ1) is 11.7. The molecule has 2 amide bonds. The molecule has 0 unspecified atom stereocenters. The molecule has 0 atom stereocenters. The first kappa shape index (κ1) is 19.0. The molecule has 8 heteroatoms. The Kier molecular flexibility index (Phi) is 5.81. The van der Waals surface area contributed by atoms with Gasteiger partial charge in [-0.2, -0.15) is 13.2 Å². The number of benzene rings is 1. The van der Waals surface area contributed by atoms with Gasteiger partial charge in [0.1, 0.15) is 0 Å². The smallest absolute Gasteiger partial charge is 0.330 e. The third-order valence-electron chi connectivity index (χ3n) is 4.38. The van der Waals surface area contributed by atoms with Gasteiger partial charge >= 0.3 is 12.1 Å². The lowest BCUT2D eigenvalue weighted by Crippen LogP contribution is -2.37. The summed E-state index contributed by atoms with van der Waals surface area (Å²) in [5, 5.41) is 0.292.